The van der Waals surface area contributed by atoms with Gasteiger partial charge in [-0.15, -0.1) is 0 Å². The van der Waals surface area contributed by atoms with Crippen LogP contribution in [0.5, 0.6) is 0 Å². The van der Waals surface area contributed by atoms with Crippen LogP contribution in [0.25, 0.3) is 0 Å². The second-order valence-electron chi connectivity index (χ2n) is 4.91. The molecule has 1 rings (SSSR count). The van der Waals surface area contributed by atoms with Crippen LogP contribution in [0, 0.1) is 5.82 Å². The van der Waals surface area contributed by atoms with Crippen molar-refractivity contribution in [2.24, 2.45) is 5.73 Å². The van der Waals surface area contributed by atoms with Crippen molar-refractivity contribution in [2.75, 3.05) is 26.2 Å². The van der Waals surface area contributed by atoms with Crippen LogP contribution in [-0.4, -0.2) is 31.1 Å². The molecule has 0 aliphatic rings. The van der Waals surface area contributed by atoms with Gasteiger partial charge in [-0.2, -0.15) is 0 Å². The lowest BCUT2D eigenvalue weighted by molar-refractivity contribution is 0.258. The summed E-state index contributed by atoms with van der Waals surface area (Å²) in [4.78, 5) is 2.41. The molecule has 0 spiro atoms. The molecule has 1 unspecified atom stereocenters. The highest BCUT2D eigenvalue weighted by Crippen LogP contribution is 2.22. The average molecular weight is 287 g/mol. The molecule has 0 saturated heterocycles. The summed E-state index contributed by atoms with van der Waals surface area (Å²) in [5.41, 5.74) is 6.89. The lowest BCUT2D eigenvalue weighted by Gasteiger charge is -2.26. The summed E-state index contributed by atoms with van der Waals surface area (Å²) in [6.07, 6.45) is 2.25. The molecule has 2 nitrogen and oxygen atoms in total. The fourth-order valence-corrected chi connectivity index (χ4v) is 2.51. The Morgan fingerprint density at radius 1 is 1.26 bits per heavy atom. The Kier molecular flexibility index (Phi) is 7.36. The lowest BCUT2D eigenvalue weighted by Crippen LogP contribution is -2.33. The van der Waals surface area contributed by atoms with Gasteiger partial charge in [0, 0.05) is 19.0 Å². The minimum absolute atomic E-state index is 0.175. The first kappa shape index (κ1) is 16.4. The molecule has 0 aliphatic carbocycles. The van der Waals surface area contributed by atoms with Crippen molar-refractivity contribution in [1.29, 1.82) is 0 Å². The van der Waals surface area contributed by atoms with Crippen LogP contribution in [0.2, 0.25) is 5.02 Å². The molecule has 19 heavy (non-hydrogen) atoms. The Balaban J connectivity index is 2.77. The Labute approximate surface area is 120 Å². The third-order valence-electron chi connectivity index (χ3n) is 3.26. The zero-order valence-corrected chi connectivity index (χ0v) is 12.6. The zero-order valence-electron chi connectivity index (χ0n) is 11.8. The molecule has 4 heteroatoms. The topological polar surface area (TPSA) is 29.3 Å². The standard InChI is InChI=1S/C15H24ClFN2/c1-3-7-19(8-4-2)11-13(10-18)12-5-6-15(17)14(16)9-12/h5-6,9,13H,3-4,7-8,10-11,18H2,1-2H3. The monoisotopic (exact) mass is 286 g/mol. The predicted molar refractivity (Wildman–Crippen MR) is 80.2 cm³/mol. The number of halogens is 2. The van der Waals surface area contributed by atoms with E-state index in [9.17, 15) is 4.39 Å². The Morgan fingerprint density at radius 2 is 1.89 bits per heavy atom. The quantitative estimate of drug-likeness (QED) is 0.790. The highest BCUT2D eigenvalue weighted by molar-refractivity contribution is 6.30. The molecule has 0 radical (unpaired) electrons. The van der Waals surface area contributed by atoms with E-state index in [1.54, 1.807) is 12.1 Å². The van der Waals surface area contributed by atoms with Gasteiger partial charge in [0.15, 0.2) is 0 Å². The molecule has 1 aromatic rings. The number of nitrogens with zero attached hydrogens (tertiary/aromatic N) is 1. The van der Waals surface area contributed by atoms with Crippen LogP contribution in [-0.2, 0) is 0 Å². The van der Waals surface area contributed by atoms with Crippen molar-refractivity contribution in [1.82, 2.24) is 4.90 Å². The van der Waals surface area contributed by atoms with Gasteiger partial charge in [0.2, 0.25) is 0 Å². The zero-order chi connectivity index (χ0) is 14.3. The first-order valence-electron chi connectivity index (χ1n) is 6.99. The Morgan fingerprint density at radius 3 is 2.37 bits per heavy atom. The molecular formula is C15H24ClFN2. The van der Waals surface area contributed by atoms with E-state index in [1.165, 1.54) is 6.07 Å². The van der Waals surface area contributed by atoms with Gasteiger partial charge in [0.1, 0.15) is 5.82 Å². The van der Waals surface area contributed by atoms with Gasteiger partial charge in [-0.05, 0) is 43.6 Å². The fourth-order valence-electron chi connectivity index (χ4n) is 2.32. The van der Waals surface area contributed by atoms with E-state index in [0.717, 1.165) is 38.0 Å². The highest BCUT2D eigenvalue weighted by atomic mass is 35.5. The van der Waals surface area contributed by atoms with E-state index >= 15 is 0 Å². The van der Waals surface area contributed by atoms with Crippen molar-refractivity contribution in [3.8, 4) is 0 Å². The minimum atomic E-state index is -0.375. The highest BCUT2D eigenvalue weighted by Gasteiger charge is 2.15. The molecule has 0 saturated carbocycles. The smallest absolute Gasteiger partial charge is 0.141 e. The van der Waals surface area contributed by atoms with Crippen molar-refractivity contribution >= 4 is 11.6 Å². The summed E-state index contributed by atoms with van der Waals surface area (Å²) in [6.45, 7) is 7.94. The Hall–Kier alpha value is -0.640. The number of nitrogens with two attached hydrogens (primary N) is 1. The van der Waals surface area contributed by atoms with E-state index in [2.05, 4.69) is 18.7 Å². The molecule has 0 aliphatic heterocycles. The van der Waals surface area contributed by atoms with E-state index in [0.29, 0.717) is 6.54 Å². The molecule has 0 amide bonds. The number of hydrogen-bond donors (Lipinski definition) is 1. The van der Waals surface area contributed by atoms with Crippen molar-refractivity contribution < 1.29 is 4.39 Å². The van der Waals surface area contributed by atoms with E-state index < -0.39 is 0 Å². The fraction of sp³-hybridized carbons (Fsp3) is 0.600. The molecule has 1 aromatic carbocycles. The van der Waals surface area contributed by atoms with Crippen LogP contribution >= 0.6 is 11.6 Å². The maximum absolute atomic E-state index is 13.2. The SMILES string of the molecule is CCCN(CCC)CC(CN)c1ccc(F)c(Cl)c1. The number of rotatable bonds is 8. The Bertz CT molecular complexity index is 378. The molecule has 1 atom stereocenters. The molecule has 0 fully saturated rings. The van der Waals surface area contributed by atoms with Gasteiger partial charge >= 0.3 is 0 Å². The molecule has 0 aromatic heterocycles. The maximum Gasteiger partial charge on any atom is 0.141 e. The van der Waals surface area contributed by atoms with Crippen LogP contribution < -0.4 is 5.73 Å². The van der Waals surface area contributed by atoms with Crippen LogP contribution in [0.1, 0.15) is 38.2 Å². The molecule has 108 valence electrons. The summed E-state index contributed by atoms with van der Waals surface area (Å²) in [6, 6.07) is 4.91. The normalized spacial score (nSPS) is 12.9. The maximum atomic E-state index is 13.2. The second-order valence-corrected chi connectivity index (χ2v) is 5.31. The van der Waals surface area contributed by atoms with E-state index in [-0.39, 0.29) is 16.8 Å². The number of benzene rings is 1. The summed E-state index contributed by atoms with van der Waals surface area (Å²) in [5.74, 6) is -0.170. The first-order valence-corrected chi connectivity index (χ1v) is 7.37. The van der Waals surface area contributed by atoms with Gasteiger partial charge < -0.3 is 10.6 Å². The summed E-state index contributed by atoms with van der Waals surface area (Å²) in [5, 5.41) is 0.175. The number of hydrogen-bond acceptors (Lipinski definition) is 2. The van der Waals surface area contributed by atoms with Crippen LogP contribution in [0.4, 0.5) is 4.39 Å². The van der Waals surface area contributed by atoms with Crippen molar-refractivity contribution in [3.05, 3.63) is 34.6 Å². The lowest BCUT2D eigenvalue weighted by atomic mass is 9.98. The van der Waals surface area contributed by atoms with Crippen LogP contribution in [0.3, 0.4) is 0 Å². The van der Waals surface area contributed by atoms with Crippen molar-refractivity contribution in [2.45, 2.75) is 32.6 Å². The summed E-state index contributed by atoms with van der Waals surface area (Å²) < 4.78 is 13.2. The second kappa shape index (κ2) is 8.51. The largest absolute Gasteiger partial charge is 0.330 e. The molecule has 0 bridgehead atoms. The van der Waals surface area contributed by atoms with Gasteiger partial charge in [-0.25, -0.2) is 4.39 Å². The summed E-state index contributed by atoms with van der Waals surface area (Å²) >= 11 is 5.84. The van der Waals surface area contributed by atoms with Gasteiger partial charge in [0.25, 0.3) is 0 Å². The third-order valence-corrected chi connectivity index (χ3v) is 3.55. The molecule has 0 heterocycles. The van der Waals surface area contributed by atoms with E-state index in [1.807, 2.05) is 0 Å². The summed E-state index contributed by atoms with van der Waals surface area (Å²) in [7, 11) is 0. The van der Waals surface area contributed by atoms with Crippen molar-refractivity contribution in [3.63, 3.8) is 0 Å². The van der Waals surface area contributed by atoms with Crippen LogP contribution in [0.15, 0.2) is 18.2 Å². The molecule has 2 N–H and O–H groups in total. The van der Waals surface area contributed by atoms with E-state index in [4.69, 9.17) is 17.3 Å². The molecular weight excluding hydrogens is 263 g/mol. The average Bonchev–Trinajstić information content (AvgIpc) is 2.39. The predicted octanol–water partition coefficient (Wildman–Crippen LogP) is 3.64. The van der Waals surface area contributed by atoms with Gasteiger partial charge in [0.05, 0.1) is 5.02 Å². The minimum Gasteiger partial charge on any atom is -0.330 e. The van der Waals surface area contributed by atoms with Gasteiger partial charge in [-0.1, -0.05) is 31.5 Å². The first-order chi connectivity index (χ1) is 9.12. The van der Waals surface area contributed by atoms with Gasteiger partial charge in [-0.3, -0.25) is 0 Å². The third kappa shape index (κ3) is 5.09.